The predicted molar refractivity (Wildman–Crippen MR) is 79.7 cm³/mol. The number of anilines is 2. The van der Waals surface area contributed by atoms with E-state index in [1.807, 2.05) is 4.90 Å². The molecule has 0 radical (unpaired) electrons. The first kappa shape index (κ1) is 14.5. The van der Waals surface area contributed by atoms with Crippen molar-refractivity contribution in [3.05, 3.63) is 17.7 Å². The molecule has 3 rings (SSSR count). The average molecular weight is 296 g/mol. The largest absolute Gasteiger partial charge is 0.371 e. The first-order chi connectivity index (χ1) is 10.1. The number of hydrogen-bond donors (Lipinski definition) is 1. The van der Waals surface area contributed by atoms with Crippen LogP contribution in [0.4, 0.5) is 20.4 Å². The third-order valence-electron chi connectivity index (χ3n) is 4.61. The van der Waals surface area contributed by atoms with Crippen LogP contribution in [0.2, 0.25) is 0 Å². The van der Waals surface area contributed by atoms with Gasteiger partial charge in [-0.15, -0.1) is 0 Å². The summed E-state index contributed by atoms with van der Waals surface area (Å²) in [4.78, 5) is 8.63. The highest BCUT2D eigenvalue weighted by Gasteiger charge is 2.34. The van der Waals surface area contributed by atoms with E-state index in [0.29, 0.717) is 6.04 Å². The van der Waals surface area contributed by atoms with E-state index < -0.39 is 11.6 Å². The van der Waals surface area contributed by atoms with Crippen LogP contribution >= 0.6 is 0 Å². The molecule has 1 aromatic rings. The fraction of sp³-hybridized carbons (Fsp3) is 0.667. The SMILES string of the molecule is CNc1nc(N2CC3CCCCN3CC2C)c(F)cc1F. The van der Waals surface area contributed by atoms with E-state index >= 15 is 0 Å². The lowest BCUT2D eigenvalue weighted by Crippen LogP contribution is -2.59. The summed E-state index contributed by atoms with van der Waals surface area (Å²) in [6.07, 6.45) is 3.62. The van der Waals surface area contributed by atoms with E-state index in [4.69, 9.17) is 0 Å². The summed E-state index contributed by atoms with van der Waals surface area (Å²) in [7, 11) is 1.59. The van der Waals surface area contributed by atoms with Gasteiger partial charge in [0.05, 0.1) is 0 Å². The summed E-state index contributed by atoms with van der Waals surface area (Å²) in [6.45, 7) is 4.89. The van der Waals surface area contributed by atoms with Crippen molar-refractivity contribution in [3.8, 4) is 0 Å². The van der Waals surface area contributed by atoms with Crippen LogP contribution in [0.5, 0.6) is 0 Å². The summed E-state index contributed by atoms with van der Waals surface area (Å²) >= 11 is 0. The van der Waals surface area contributed by atoms with E-state index in [-0.39, 0.29) is 17.7 Å². The Balaban J connectivity index is 1.88. The maximum atomic E-state index is 14.2. The Labute approximate surface area is 124 Å². The van der Waals surface area contributed by atoms with Gasteiger partial charge in [-0.2, -0.15) is 0 Å². The molecule has 21 heavy (non-hydrogen) atoms. The first-order valence-electron chi connectivity index (χ1n) is 7.64. The molecule has 4 nitrogen and oxygen atoms in total. The van der Waals surface area contributed by atoms with Crippen molar-refractivity contribution < 1.29 is 8.78 Å². The molecule has 1 N–H and O–H groups in total. The highest BCUT2D eigenvalue weighted by Crippen LogP contribution is 2.30. The molecule has 2 saturated heterocycles. The molecule has 6 heteroatoms. The lowest BCUT2D eigenvalue weighted by molar-refractivity contribution is 0.115. The molecule has 2 atom stereocenters. The van der Waals surface area contributed by atoms with Crippen LogP contribution in [0, 0.1) is 11.6 Å². The van der Waals surface area contributed by atoms with Crippen molar-refractivity contribution >= 4 is 11.6 Å². The highest BCUT2D eigenvalue weighted by atomic mass is 19.1. The average Bonchev–Trinajstić information content (AvgIpc) is 2.47. The zero-order chi connectivity index (χ0) is 15.0. The fourth-order valence-electron chi connectivity index (χ4n) is 3.48. The van der Waals surface area contributed by atoms with Crippen molar-refractivity contribution in [3.63, 3.8) is 0 Å². The molecule has 0 amide bonds. The number of piperazine rings is 1. The van der Waals surface area contributed by atoms with Gasteiger partial charge in [-0.1, -0.05) is 6.42 Å². The quantitative estimate of drug-likeness (QED) is 0.908. The standard InChI is InChI=1S/C15H22F2N4/c1-10-8-20-6-4-3-5-11(20)9-21(10)15-13(17)7-12(16)14(18-2)19-15/h7,10-11H,3-6,8-9H2,1-2H3,(H,18,19). The van der Waals surface area contributed by atoms with E-state index in [2.05, 4.69) is 22.1 Å². The van der Waals surface area contributed by atoms with Crippen molar-refractivity contribution in [1.82, 2.24) is 9.88 Å². The monoisotopic (exact) mass is 296 g/mol. The minimum atomic E-state index is -0.650. The van der Waals surface area contributed by atoms with E-state index in [0.717, 1.165) is 32.1 Å². The molecule has 0 bridgehead atoms. The second-order valence-electron chi connectivity index (χ2n) is 6.02. The second-order valence-corrected chi connectivity index (χ2v) is 6.02. The molecule has 0 aromatic carbocycles. The molecule has 3 heterocycles. The van der Waals surface area contributed by atoms with Crippen LogP contribution in [-0.4, -0.2) is 48.6 Å². The molecule has 0 spiro atoms. The third-order valence-corrected chi connectivity index (χ3v) is 4.61. The number of nitrogens with zero attached hydrogens (tertiary/aromatic N) is 3. The number of nitrogens with one attached hydrogen (secondary N) is 1. The molecular formula is C15H22F2N4. The summed E-state index contributed by atoms with van der Waals surface area (Å²) in [6, 6.07) is 1.56. The summed E-state index contributed by atoms with van der Waals surface area (Å²) in [5, 5.41) is 2.68. The van der Waals surface area contributed by atoms with E-state index in [1.165, 1.54) is 12.8 Å². The number of halogens is 2. The molecule has 2 unspecified atom stereocenters. The highest BCUT2D eigenvalue weighted by molar-refractivity contribution is 5.50. The Morgan fingerprint density at radius 3 is 2.81 bits per heavy atom. The number of aromatic nitrogens is 1. The van der Waals surface area contributed by atoms with Crippen LogP contribution < -0.4 is 10.2 Å². The summed E-state index contributed by atoms with van der Waals surface area (Å²) in [5.41, 5.74) is 0. The van der Waals surface area contributed by atoms with Gasteiger partial charge in [0.2, 0.25) is 0 Å². The van der Waals surface area contributed by atoms with Gasteiger partial charge in [0.1, 0.15) is 0 Å². The number of hydrogen-bond acceptors (Lipinski definition) is 4. The zero-order valence-corrected chi connectivity index (χ0v) is 12.6. The first-order valence-corrected chi connectivity index (χ1v) is 7.64. The van der Waals surface area contributed by atoms with Crippen LogP contribution in [0.15, 0.2) is 6.07 Å². The van der Waals surface area contributed by atoms with E-state index in [1.54, 1.807) is 7.05 Å². The molecular weight excluding hydrogens is 274 g/mol. The van der Waals surface area contributed by atoms with Crippen molar-refractivity contribution in [2.75, 3.05) is 36.9 Å². The maximum Gasteiger partial charge on any atom is 0.168 e. The minimum Gasteiger partial charge on any atom is -0.371 e. The Kier molecular flexibility index (Phi) is 3.97. The molecule has 0 saturated carbocycles. The lowest BCUT2D eigenvalue weighted by atomic mass is 9.97. The number of fused-ring (bicyclic) bond motifs is 1. The lowest BCUT2D eigenvalue weighted by Gasteiger charge is -2.48. The number of rotatable bonds is 2. The zero-order valence-electron chi connectivity index (χ0n) is 12.6. The topological polar surface area (TPSA) is 31.4 Å². The molecule has 116 valence electrons. The number of pyridine rings is 1. The van der Waals surface area contributed by atoms with Crippen molar-refractivity contribution in [2.24, 2.45) is 0 Å². The van der Waals surface area contributed by atoms with Gasteiger partial charge in [-0.25, -0.2) is 13.8 Å². The van der Waals surface area contributed by atoms with Crippen LogP contribution in [-0.2, 0) is 0 Å². The third kappa shape index (κ3) is 2.69. The van der Waals surface area contributed by atoms with Gasteiger partial charge in [0.15, 0.2) is 23.3 Å². The summed E-state index contributed by atoms with van der Waals surface area (Å²) < 4.78 is 27.7. The van der Waals surface area contributed by atoms with Gasteiger partial charge < -0.3 is 10.2 Å². The molecule has 1 aromatic heterocycles. The molecule has 2 aliphatic heterocycles. The number of piperidine rings is 1. The van der Waals surface area contributed by atoms with Gasteiger partial charge in [0, 0.05) is 38.3 Å². The maximum absolute atomic E-state index is 14.2. The molecule has 0 aliphatic carbocycles. The minimum absolute atomic E-state index is 0.102. The second kappa shape index (κ2) is 5.75. The van der Waals surface area contributed by atoms with Crippen molar-refractivity contribution in [2.45, 2.75) is 38.3 Å². The smallest absolute Gasteiger partial charge is 0.168 e. The van der Waals surface area contributed by atoms with Crippen molar-refractivity contribution in [1.29, 1.82) is 0 Å². The molecule has 2 fully saturated rings. The van der Waals surface area contributed by atoms with Crippen LogP contribution in [0.25, 0.3) is 0 Å². The predicted octanol–water partition coefficient (Wildman–Crippen LogP) is 2.46. The fourth-order valence-corrected chi connectivity index (χ4v) is 3.48. The Morgan fingerprint density at radius 1 is 1.24 bits per heavy atom. The summed E-state index contributed by atoms with van der Waals surface area (Å²) in [5.74, 6) is -0.867. The Morgan fingerprint density at radius 2 is 2.05 bits per heavy atom. The van der Waals surface area contributed by atoms with Gasteiger partial charge in [-0.3, -0.25) is 4.90 Å². The van der Waals surface area contributed by atoms with Crippen LogP contribution in [0.1, 0.15) is 26.2 Å². The van der Waals surface area contributed by atoms with Gasteiger partial charge in [-0.05, 0) is 26.3 Å². The van der Waals surface area contributed by atoms with E-state index in [9.17, 15) is 8.78 Å². The molecule has 2 aliphatic rings. The normalized spacial score (nSPS) is 26.6. The van der Waals surface area contributed by atoms with Gasteiger partial charge in [0.25, 0.3) is 0 Å². The Bertz CT molecular complexity index is 523. The Hall–Kier alpha value is -1.43. The van der Waals surface area contributed by atoms with Gasteiger partial charge >= 0.3 is 0 Å². The van der Waals surface area contributed by atoms with Crippen LogP contribution in [0.3, 0.4) is 0 Å².